The zero-order chi connectivity index (χ0) is 15.5. The number of methoxy groups -OCH3 is 1. The van der Waals surface area contributed by atoms with Gasteiger partial charge in [0.05, 0.1) is 12.3 Å². The summed E-state index contributed by atoms with van der Waals surface area (Å²) in [7, 11) is 1.71. The average Bonchev–Trinajstić information content (AvgIpc) is 2.79. The molecule has 0 atom stereocenters. The lowest BCUT2D eigenvalue weighted by atomic mass is 10.1. The highest BCUT2D eigenvalue weighted by molar-refractivity contribution is 9.10. The van der Waals surface area contributed by atoms with Crippen molar-refractivity contribution in [2.45, 2.75) is 39.5 Å². The van der Waals surface area contributed by atoms with Crippen molar-refractivity contribution in [3.8, 4) is 10.6 Å². The Morgan fingerprint density at radius 2 is 2.10 bits per heavy atom. The topological polar surface area (TPSA) is 34.1 Å². The first-order chi connectivity index (χ1) is 9.89. The van der Waals surface area contributed by atoms with Gasteiger partial charge in [0, 0.05) is 34.1 Å². The Bertz CT molecular complexity index is 605. The van der Waals surface area contributed by atoms with E-state index in [1.165, 1.54) is 4.88 Å². The third kappa shape index (κ3) is 4.88. The van der Waals surface area contributed by atoms with Gasteiger partial charge in [-0.2, -0.15) is 0 Å². The molecule has 0 amide bonds. The lowest BCUT2D eigenvalue weighted by molar-refractivity contribution is 0.181. The van der Waals surface area contributed by atoms with Crippen LogP contribution in [-0.2, 0) is 17.9 Å². The molecule has 2 rings (SSSR count). The zero-order valence-electron chi connectivity index (χ0n) is 12.9. The van der Waals surface area contributed by atoms with Gasteiger partial charge in [-0.25, -0.2) is 4.98 Å². The summed E-state index contributed by atoms with van der Waals surface area (Å²) in [6.45, 7) is 7.86. The molecule has 0 aliphatic heterocycles. The SMILES string of the molecule is COCc1nc(-c2cccc(Br)c2)sc1CNC(C)(C)C. The smallest absolute Gasteiger partial charge is 0.124 e. The van der Waals surface area contributed by atoms with E-state index in [4.69, 9.17) is 9.72 Å². The first-order valence-corrected chi connectivity index (χ1v) is 8.48. The second-order valence-electron chi connectivity index (χ2n) is 5.94. The maximum Gasteiger partial charge on any atom is 0.124 e. The Morgan fingerprint density at radius 1 is 1.33 bits per heavy atom. The first-order valence-electron chi connectivity index (χ1n) is 6.87. The third-order valence-corrected chi connectivity index (χ3v) is 4.55. The van der Waals surface area contributed by atoms with E-state index in [2.05, 4.69) is 54.2 Å². The molecule has 1 N–H and O–H groups in total. The molecule has 1 heterocycles. The zero-order valence-corrected chi connectivity index (χ0v) is 15.3. The van der Waals surface area contributed by atoms with Crippen LogP contribution in [0.25, 0.3) is 10.6 Å². The molecule has 1 aromatic carbocycles. The molecule has 0 aliphatic carbocycles. The van der Waals surface area contributed by atoms with Crippen LogP contribution in [0.3, 0.4) is 0 Å². The summed E-state index contributed by atoms with van der Waals surface area (Å²) in [4.78, 5) is 5.98. The second-order valence-corrected chi connectivity index (χ2v) is 7.94. The number of rotatable bonds is 5. The molecule has 21 heavy (non-hydrogen) atoms. The summed E-state index contributed by atoms with van der Waals surface area (Å²) in [6.07, 6.45) is 0. The van der Waals surface area contributed by atoms with Crippen molar-refractivity contribution in [2.75, 3.05) is 7.11 Å². The van der Waals surface area contributed by atoms with Crippen molar-refractivity contribution in [3.63, 3.8) is 0 Å². The molecule has 0 saturated heterocycles. The number of halogens is 1. The standard InChI is InChI=1S/C16H21BrN2OS/c1-16(2,3)18-9-14-13(10-20-4)19-15(21-14)11-6-5-7-12(17)8-11/h5-8,18H,9-10H2,1-4H3. The molecule has 0 saturated carbocycles. The number of hydrogen-bond acceptors (Lipinski definition) is 4. The highest BCUT2D eigenvalue weighted by Gasteiger charge is 2.15. The number of aromatic nitrogens is 1. The van der Waals surface area contributed by atoms with Crippen LogP contribution >= 0.6 is 27.3 Å². The van der Waals surface area contributed by atoms with E-state index in [0.717, 1.165) is 27.3 Å². The fourth-order valence-electron chi connectivity index (χ4n) is 1.86. The van der Waals surface area contributed by atoms with Crippen LogP contribution in [0.5, 0.6) is 0 Å². The Balaban J connectivity index is 2.28. The molecule has 0 aliphatic rings. The van der Waals surface area contributed by atoms with Crippen molar-refractivity contribution in [2.24, 2.45) is 0 Å². The van der Waals surface area contributed by atoms with Crippen molar-refractivity contribution < 1.29 is 4.74 Å². The minimum absolute atomic E-state index is 0.0876. The van der Waals surface area contributed by atoms with Crippen LogP contribution in [0.15, 0.2) is 28.7 Å². The normalized spacial score (nSPS) is 11.9. The average molecular weight is 369 g/mol. The van der Waals surface area contributed by atoms with Gasteiger partial charge < -0.3 is 10.1 Å². The number of benzene rings is 1. The minimum atomic E-state index is 0.0876. The van der Waals surface area contributed by atoms with E-state index in [0.29, 0.717) is 6.61 Å². The second kappa shape index (κ2) is 7.01. The molecule has 114 valence electrons. The Labute approximate surface area is 138 Å². The molecule has 5 heteroatoms. The quantitative estimate of drug-likeness (QED) is 0.836. The number of ether oxygens (including phenoxy) is 1. The van der Waals surface area contributed by atoms with Gasteiger partial charge in [-0.05, 0) is 32.9 Å². The van der Waals surface area contributed by atoms with Gasteiger partial charge in [0.2, 0.25) is 0 Å². The largest absolute Gasteiger partial charge is 0.378 e. The lowest BCUT2D eigenvalue weighted by Gasteiger charge is -2.20. The summed E-state index contributed by atoms with van der Waals surface area (Å²) in [5.41, 5.74) is 2.24. The summed E-state index contributed by atoms with van der Waals surface area (Å²) in [5, 5.41) is 4.55. The number of thiazole rings is 1. The summed E-state index contributed by atoms with van der Waals surface area (Å²) >= 11 is 5.24. The molecule has 0 fully saturated rings. The summed E-state index contributed by atoms with van der Waals surface area (Å²) in [6, 6.07) is 8.23. The van der Waals surface area contributed by atoms with Gasteiger partial charge in [-0.15, -0.1) is 11.3 Å². The third-order valence-electron chi connectivity index (χ3n) is 2.91. The highest BCUT2D eigenvalue weighted by Crippen LogP contribution is 2.30. The summed E-state index contributed by atoms with van der Waals surface area (Å²) < 4.78 is 6.35. The van der Waals surface area contributed by atoms with Gasteiger partial charge in [-0.1, -0.05) is 28.1 Å². The maximum atomic E-state index is 5.28. The van der Waals surface area contributed by atoms with E-state index in [1.807, 2.05) is 12.1 Å². The van der Waals surface area contributed by atoms with Crippen molar-refractivity contribution >= 4 is 27.3 Å². The van der Waals surface area contributed by atoms with Gasteiger partial charge in [0.1, 0.15) is 5.01 Å². The van der Waals surface area contributed by atoms with E-state index in [1.54, 1.807) is 18.4 Å². The number of nitrogens with one attached hydrogen (secondary N) is 1. The predicted molar refractivity (Wildman–Crippen MR) is 92.6 cm³/mol. The van der Waals surface area contributed by atoms with Crippen LogP contribution < -0.4 is 5.32 Å². The van der Waals surface area contributed by atoms with Crippen LogP contribution in [0, 0.1) is 0 Å². The van der Waals surface area contributed by atoms with Gasteiger partial charge in [0.15, 0.2) is 0 Å². The highest BCUT2D eigenvalue weighted by atomic mass is 79.9. The van der Waals surface area contributed by atoms with Crippen LogP contribution in [0.4, 0.5) is 0 Å². The van der Waals surface area contributed by atoms with Gasteiger partial charge in [0.25, 0.3) is 0 Å². The monoisotopic (exact) mass is 368 g/mol. The number of hydrogen-bond donors (Lipinski definition) is 1. The van der Waals surface area contributed by atoms with Crippen LogP contribution in [0.1, 0.15) is 31.3 Å². The van der Waals surface area contributed by atoms with Crippen LogP contribution in [-0.4, -0.2) is 17.6 Å². The summed E-state index contributed by atoms with van der Waals surface area (Å²) in [5.74, 6) is 0. The van der Waals surface area contributed by atoms with Gasteiger partial charge >= 0.3 is 0 Å². The Morgan fingerprint density at radius 3 is 2.71 bits per heavy atom. The maximum absolute atomic E-state index is 5.28. The van der Waals surface area contributed by atoms with E-state index in [-0.39, 0.29) is 5.54 Å². The molecule has 0 bridgehead atoms. The van der Waals surface area contributed by atoms with E-state index >= 15 is 0 Å². The predicted octanol–water partition coefficient (Wildman–Crippen LogP) is 4.61. The molecule has 0 unspecified atom stereocenters. The Hall–Kier alpha value is -0.750. The number of nitrogens with zero attached hydrogens (tertiary/aromatic N) is 1. The van der Waals surface area contributed by atoms with E-state index < -0.39 is 0 Å². The molecule has 1 aromatic heterocycles. The molecule has 0 radical (unpaired) electrons. The molecule has 2 aromatic rings. The molecule has 0 spiro atoms. The van der Waals surface area contributed by atoms with Crippen LogP contribution in [0.2, 0.25) is 0 Å². The lowest BCUT2D eigenvalue weighted by Crippen LogP contribution is -2.35. The fourth-order valence-corrected chi connectivity index (χ4v) is 3.26. The molecular formula is C16H21BrN2OS. The van der Waals surface area contributed by atoms with E-state index in [9.17, 15) is 0 Å². The minimum Gasteiger partial charge on any atom is -0.378 e. The van der Waals surface area contributed by atoms with Crippen molar-refractivity contribution in [1.29, 1.82) is 0 Å². The fraction of sp³-hybridized carbons (Fsp3) is 0.438. The van der Waals surface area contributed by atoms with Crippen molar-refractivity contribution in [1.82, 2.24) is 10.3 Å². The van der Waals surface area contributed by atoms with Crippen molar-refractivity contribution in [3.05, 3.63) is 39.3 Å². The Kier molecular flexibility index (Phi) is 5.54. The first kappa shape index (κ1) is 16.6. The molecule has 3 nitrogen and oxygen atoms in total. The molecular weight excluding hydrogens is 348 g/mol. The van der Waals surface area contributed by atoms with Gasteiger partial charge in [-0.3, -0.25) is 0 Å².